The summed E-state index contributed by atoms with van der Waals surface area (Å²) in [6, 6.07) is 3.83. The van der Waals surface area contributed by atoms with Crippen molar-refractivity contribution in [2.45, 2.75) is 0 Å². The van der Waals surface area contributed by atoms with Crippen molar-refractivity contribution in [2.75, 3.05) is 6.61 Å². The second-order valence-corrected chi connectivity index (χ2v) is 2.52. The lowest BCUT2D eigenvalue weighted by Gasteiger charge is -1.97. The highest BCUT2D eigenvalue weighted by atomic mass is 19.1. The Labute approximate surface area is 80.4 Å². The zero-order valence-corrected chi connectivity index (χ0v) is 7.25. The van der Waals surface area contributed by atoms with Crippen LogP contribution >= 0.6 is 0 Å². The highest BCUT2D eigenvalue weighted by Gasteiger charge is 2.07. The maximum absolute atomic E-state index is 13.1. The van der Waals surface area contributed by atoms with Crippen LogP contribution in [-0.4, -0.2) is 17.6 Å². The Morgan fingerprint density at radius 2 is 2.29 bits per heavy atom. The Kier molecular flexibility index (Phi) is 3.21. The first kappa shape index (κ1) is 10.2. The molecule has 0 aliphatic rings. The molecular weight excluding hydrogens is 185 g/mol. The quantitative estimate of drug-likeness (QED) is 0.629. The predicted molar refractivity (Wildman–Crippen MR) is 48.9 cm³/mol. The lowest BCUT2D eigenvalue weighted by molar-refractivity contribution is 0.0996. The third-order valence-electron chi connectivity index (χ3n) is 1.55. The number of carbonyl (C=O) groups excluding carboxylic acids is 1. The predicted octanol–water partition coefficient (Wildman–Crippen LogP) is 0.268. The number of primary amides is 1. The summed E-state index contributed by atoms with van der Waals surface area (Å²) in [6.07, 6.45) is 0. The van der Waals surface area contributed by atoms with Gasteiger partial charge in [-0.1, -0.05) is 11.8 Å². The van der Waals surface area contributed by atoms with Crippen molar-refractivity contribution in [3.63, 3.8) is 0 Å². The Morgan fingerprint density at radius 3 is 2.79 bits per heavy atom. The molecule has 0 unspecified atom stereocenters. The molecule has 1 aromatic rings. The molecule has 3 nitrogen and oxygen atoms in total. The molecule has 1 amide bonds. The van der Waals surface area contributed by atoms with Gasteiger partial charge in [0.05, 0.1) is 5.56 Å². The molecule has 0 aliphatic carbocycles. The normalized spacial score (nSPS) is 9.00. The molecule has 0 saturated carbocycles. The van der Waals surface area contributed by atoms with Crippen molar-refractivity contribution in [1.29, 1.82) is 0 Å². The molecule has 0 aromatic heterocycles. The third kappa shape index (κ3) is 2.31. The van der Waals surface area contributed by atoms with E-state index >= 15 is 0 Å². The van der Waals surface area contributed by atoms with Crippen LogP contribution in [0.1, 0.15) is 15.9 Å². The second kappa shape index (κ2) is 4.40. The molecule has 1 rings (SSSR count). The summed E-state index contributed by atoms with van der Waals surface area (Å²) in [7, 11) is 0. The zero-order valence-electron chi connectivity index (χ0n) is 7.25. The van der Waals surface area contributed by atoms with Gasteiger partial charge in [-0.2, -0.15) is 0 Å². The van der Waals surface area contributed by atoms with E-state index in [0.717, 1.165) is 6.07 Å². The van der Waals surface area contributed by atoms with E-state index in [1.165, 1.54) is 12.1 Å². The highest BCUT2D eigenvalue weighted by Crippen LogP contribution is 2.08. The Bertz CT molecular complexity index is 418. The van der Waals surface area contributed by atoms with Crippen LogP contribution in [0, 0.1) is 17.7 Å². The van der Waals surface area contributed by atoms with Crippen molar-refractivity contribution in [1.82, 2.24) is 0 Å². The van der Waals surface area contributed by atoms with E-state index in [4.69, 9.17) is 10.8 Å². The smallest absolute Gasteiger partial charge is 0.251 e. The Balaban J connectivity index is 3.06. The Hall–Kier alpha value is -1.86. The van der Waals surface area contributed by atoms with Gasteiger partial charge in [0.25, 0.3) is 5.91 Å². The summed E-state index contributed by atoms with van der Waals surface area (Å²) < 4.78 is 13.1. The van der Waals surface area contributed by atoms with Crippen LogP contribution in [0.4, 0.5) is 4.39 Å². The van der Waals surface area contributed by atoms with Crippen LogP contribution in [0.15, 0.2) is 18.2 Å². The number of amides is 1. The fourth-order valence-corrected chi connectivity index (χ4v) is 0.934. The number of nitrogens with two attached hydrogens (primary N) is 1. The number of benzene rings is 1. The van der Waals surface area contributed by atoms with Crippen LogP contribution in [0.25, 0.3) is 0 Å². The van der Waals surface area contributed by atoms with Crippen molar-refractivity contribution >= 4 is 5.91 Å². The lowest BCUT2D eigenvalue weighted by Crippen LogP contribution is -2.12. The molecule has 0 heterocycles. The first-order chi connectivity index (χ1) is 6.65. The number of aliphatic hydroxyl groups is 1. The molecular formula is C10H8FNO2. The summed E-state index contributed by atoms with van der Waals surface area (Å²) >= 11 is 0. The number of carbonyl (C=O) groups is 1. The maximum Gasteiger partial charge on any atom is 0.251 e. The van der Waals surface area contributed by atoms with Gasteiger partial charge in [0.15, 0.2) is 0 Å². The monoisotopic (exact) mass is 193 g/mol. The minimum atomic E-state index is -0.816. The molecule has 0 radical (unpaired) electrons. The van der Waals surface area contributed by atoms with Gasteiger partial charge in [0, 0.05) is 5.56 Å². The lowest BCUT2D eigenvalue weighted by atomic mass is 10.1. The van der Waals surface area contributed by atoms with Crippen LogP contribution in [-0.2, 0) is 0 Å². The van der Waals surface area contributed by atoms with Crippen molar-refractivity contribution in [3.8, 4) is 11.8 Å². The SMILES string of the molecule is NC(=O)c1ccc(C#CCO)cc1F. The molecule has 0 fully saturated rings. The average Bonchev–Trinajstić information content (AvgIpc) is 2.14. The molecule has 0 bridgehead atoms. The molecule has 1 aromatic carbocycles. The average molecular weight is 193 g/mol. The van der Waals surface area contributed by atoms with E-state index in [1.807, 2.05) is 0 Å². The van der Waals surface area contributed by atoms with Crippen LogP contribution in [0.2, 0.25) is 0 Å². The Morgan fingerprint density at radius 1 is 1.57 bits per heavy atom. The first-order valence-corrected chi connectivity index (χ1v) is 3.84. The van der Waals surface area contributed by atoms with E-state index in [-0.39, 0.29) is 12.2 Å². The maximum atomic E-state index is 13.1. The molecule has 4 heteroatoms. The fourth-order valence-electron chi connectivity index (χ4n) is 0.934. The topological polar surface area (TPSA) is 63.3 Å². The van der Waals surface area contributed by atoms with Crippen molar-refractivity contribution in [3.05, 3.63) is 35.1 Å². The minimum Gasteiger partial charge on any atom is -0.384 e. The van der Waals surface area contributed by atoms with Gasteiger partial charge in [-0.05, 0) is 18.2 Å². The zero-order chi connectivity index (χ0) is 10.6. The summed E-state index contributed by atoms with van der Waals surface area (Å²) in [5.74, 6) is 3.35. The molecule has 0 saturated heterocycles. The van der Waals surface area contributed by atoms with Crippen LogP contribution < -0.4 is 5.73 Å². The summed E-state index contributed by atoms with van der Waals surface area (Å²) in [6.45, 7) is -0.292. The van der Waals surface area contributed by atoms with Gasteiger partial charge in [-0.3, -0.25) is 4.79 Å². The highest BCUT2D eigenvalue weighted by molar-refractivity contribution is 5.93. The molecule has 14 heavy (non-hydrogen) atoms. The molecule has 72 valence electrons. The van der Waals surface area contributed by atoms with Crippen LogP contribution in [0.5, 0.6) is 0 Å². The van der Waals surface area contributed by atoms with E-state index in [2.05, 4.69) is 11.8 Å². The van der Waals surface area contributed by atoms with Crippen molar-refractivity contribution < 1.29 is 14.3 Å². The van der Waals surface area contributed by atoms with Crippen LogP contribution in [0.3, 0.4) is 0 Å². The minimum absolute atomic E-state index is 0.167. The van der Waals surface area contributed by atoms with E-state index in [1.54, 1.807) is 0 Å². The van der Waals surface area contributed by atoms with E-state index in [0.29, 0.717) is 5.56 Å². The number of halogens is 1. The van der Waals surface area contributed by atoms with Gasteiger partial charge < -0.3 is 10.8 Å². The molecule has 3 N–H and O–H groups in total. The number of aliphatic hydroxyl groups excluding tert-OH is 1. The summed E-state index contributed by atoms with van der Waals surface area (Å²) in [5, 5.41) is 8.40. The van der Waals surface area contributed by atoms with E-state index < -0.39 is 11.7 Å². The number of rotatable bonds is 1. The van der Waals surface area contributed by atoms with Gasteiger partial charge >= 0.3 is 0 Å². The van der Waals surface area contributed by atoms with Gasteiger partial charge in [-0.15, -0.1) is 0 Å². The standard InChI is InChI=1S/C10H8FNO2/c11-9-6-7(2-1-5-13)3-4-8(9)10(12)14/h3-4,6,13H,5H2,(H2,12,14). The first-order valence-electron chi connectivity index (χ1n) is 3.84. The van der Waals surface area contributed by atoms with Gasteiger partial charge in [-0.25, -0.2) is 4.39 Å². The van der Waals surface area contributed by atoms with E-state index in [9.17, 15) is 9.18 Å². The van der Waals surface area contributed by atoms with Gasteiger partial charge in [0.2, 0.25) is 0 Å². The second-order valence-electron chi connectivity index (χ2n) is 2.52. The third-order valence-corrected chi connectivity index (χ3v) is 1.55. The molecule has 0 atom stereocenters. The van der Waals surface area contributed by atoms with Crippen molar-refractivity contribution in [2.24, 2.45) is 5.73 Å². The molecule has 0 spiro atoms. The fraction of sp³-hybridized carbons (Fsp3) is 0.100. The molecule has 0 aliphatic heterocycles. The number of hydrogen-bond donors (Lipinski definition) is 2. The largest absolute Gasteiger partial charge is 0.384 e. The summed E-state index contributed by atoms with van der Waals surface area (Å²) in [4.78, 5) is 10.7. The number of hydrogen-bond acceptors (Lipinski definition) is 2. The summed E-state index contributed by atoms with van der Waals surface area (Å²) in [5.41, 5.74) is 5.13. The van der Waals surface area contributed by atoms with Gasteiger partial charge in [0.1, 0.15) is 12.4 Å².